The van der Waals surface area contributed by atoms with Gasteiger partial charge in [0, 0.05) is 24.1 Å². The summed E-state index contributed by atoms with van der Waals surface area (Å²) in [6, 6.07) is 18.8. The summed E-state index contributed by atoms with van der Waals surface area (Å²) in [5.74, 6) is 0.0830. The maximum Gasteiger partial charge on any atom is 0.279 e. The van der Waals surface area contributed by atoms with Gasteiger partial charge in [0.25, 0.3) is 5.91 Å². The Kier molecular flexibility index (Phi) is 5.30. The van der Waals surface area contributed by atoms with Gasteiger partial charge in [-0.2, -0.15) is 0 Å². The van der Waals surface area contributed by atoms with E-state index in [1.807, 2.05) is 36.1 Å². The molecule has 1 fully saturated rings. The quantitative estimate of drug-likeness (QED) is 0.488. The Morgan fingerprint density at radius 3 is 2.67 bits per heavy atom. The van der Waals surface area contributed by atoms with E-state index in [1.54, 1.807) is 30.3 Å². The lowest BCUT2D eigenvalue weighted by Crippen LogP contribution is -2.22. The van der Waals surface area contributed by atoms with Crippen LogP contribution in [0.4, 0.5) is 10.2 Å². The highest BCUT2D eigenvalue weighted by atomic mass is 19.1. The van der Waals surface area contributed by atoms with Crippen molar-refractivity contribution in [1.29, 1.82) is 0 Å². The predicted octanol–water partition coefficient (Wildman–Crippen LogP) is 4.94. The molecule has 0 bridgehead atoms. The van der Waals surface area contributed by atoms with E-state index in [4.69, 9.17) is 9.97 Å². The smallest absolute Gasteiger partial charge is 0.279 e. The summed E-state index contributed by atoms with van der Waals surface area (Å²) in [5, 5.41) is 11.2. The SMILES string of the molecule is Cc1ccc2c(N3CCC(=NC(=O)c4ccccc4F)C3)nc(-c3ccccc3O)nc2c1. The molecule has 1 amide bonds. The molecule has 1 saturated heterocycles. The molecule has 3 aromatic carbocycles. The third-order valence-corrected chi connectivity index (χ3v) is 5.68. The topological polar surface area (TPSA) is 78.7 Å². The lowest BCUT2D eigenvalue weighted by atomic mass is 10.1. The van der Waals surface area contributed by atoms with Crippen molar-refractivity contribution in [3.8, 4) is 17.1 Å². The van der Waals surface area contributed by atoms with Crippen LogP contribution in [0.15, 0.2) is 71.7 Å². The molecule has 0 saturated carbocycles. The first kappa shape index (κ1) is 20.8. The third-order valence-electron chi connectivity index (χ3n) is 5.68. The van der Waals surface area contributed by atoms with Gasteiger partial charge in [-0.05, 0) is 48.9 Å². The molecule has 33 heavy (non-hydrogen) atoms. The van der Waals surface area contributed by atoms with Crippen LogP contribution < -0.4 is 4.90 Å². The summed E-state index contributed by atoms with van der Waals surface area (Å²) >= 11 is 0. The number of hydrogen-bond donors (Lipinski definition) is 1. The van der Waals surface area contributed by atoms with E-state index in [1.165, 1.54) is 12.1 Å². The summed E-state index contributed by atoms with van der Waals surface area (Å²) in [4.78, 5) is 28.2. The van der Waals surface area contributed by atoms with Gasteiger partial charge in [0.2, 0.25) is 0 Å². The second-order valence-corrected chi connectivity index (χ2v) is 8.04. The zero-order valence-electron chi connectivity index (χ0n) is 18.0. The Labute approximate surface area is 190 Å². The van der Waals surface area contributed by atoms with E-state index in [2.05, 4.69) is 4.99 Å². The number of fused-ring (bicyclic) bond motifs is 1. The summed E-state index contributed by atoms with van der Waals surface area (Å²) < 4.78 is 14.0. The molecule has 0 aliphatic carbocycles. The summed E-state index contributed by atoms with van der Waals surface area (Å²) in [7, 11) is 0. The minimum Gasteiger partial charge on any atom is -0.507 e. The van der Waals surface area contributed by atoms with Crippen LogP contribution in [0.25, 0.3) is 22.3 Å². The molecule has 1 aliphatic rings. The third kappa shape index (κ3) is 4.05. The normalized spacial score (nSPS) is 14.8. The first-order valence-electron chi connectivity index (χ1n) is 10.7. The first-order chi connectivity index (χ1) is 16.0. The number of nitrogens with zero attached hydrogens (tertiary/aromatic N) is 4. The summed E-state index contributed by atoms with van der Waals surface area (Å²) in [6.45, 7) is 3.01. The van der Waals surface area contributed by atoms with Crippen molar-refractivity contribution >= 4 is 28.3 Å². The Morgan fingerprint density at radius 2 is 1.85 bits per heavy atom. The second kappa shape index (κ2) is 8.43. The van der Waals surface area contributed by atoms with E-state index >= 15 is 0 Å². The van der Waals surface area contributed by atoms with Gasteiger partial charge in [-0.25, -0.2) is 19.4 Å². The highest BCUT2D eigenvalue weighted by Crippen LogP contribution is 2.33. The molecular formula is C26H21FN4O2. The van der Waals surface area contributed by atoms with Crippen LogP contribution >= 0.6 is 0 Å². The van der Waals surface area contributed by atoms with Crippen molar-refractivity contribution in [2.24, 2.45) is 4.99 Å². The fraction of sp³-hybridized carbons (Fsp3) is 0.154. The Bertz CT molecular complexity index is 1420. The van der Waals surface area contributed by atoms with Gasteiger partial charge in [0.1, 0.15) is 17.4 Å². The number of aromatic hydroxyl groups is 1. The lowest BCUT2D eigenvalue weighted by molar-refractivity contribution is 0.0999. The number of phenols is 1. The molecule has 1 aliphatic heterocycles. The number of halogens is 1. The van der Waals surface area contributed by atoms with Gasteiger partial charge in [0.15, 0.2) is 5.82 Å². The standard InChI is InChI=1S/C26H21FN4O2/c1-16-10-11-19-22(14-16)29-24(20-7-3-5-9-23(20)32)30-25(19)31-13-12-17(15-31)28-26(33)18-6-2-4-8-21(18)27/h2-11,14,32H,12-13,15H2,1H3. The molecule has 2 heterocycles. The number of anilines is 1. The molecule has 164 valence electrons. The van der Waals surface area contributed by atoms with Crippen LogP contribution in [0, 0.1) is 12.7 Å². The number of carbonyl (C=O) groups excluding carboxylic acids is 1. The number of para-hydroxylation sites is 1. The number of rotatable bonds is 3. The van der Waals surface area contributed by atoms with Gasteiger partial charge >= 0.3 is 0 Å². The molecule has 5 rings (SSSR count). The van der Waals surface area contributed by atoms with E-state index < -0.39 is 11.7 Å². The Hall–Kier alpha value is -4.13. The maximum absolute atomic E-state index is 14.0. The summed E-state index contributed by atoms with van der Waals surface area (Å²) in [5.41, 5.74) is 3.02. The van der Waals surface area contributed by atoms with Crippen LogP contribution in [-0.2, 0) is 0 Å². The number of phenolic OH excluding ortho intramolecular Hbond substituents is 1. The number of hydrogen-bond acceptors (Lipinski definition) is 5. The van der Waals surface area contributed by atoms with Crippen molar-refractivity contribution in [1.82, 2.24) is 9.97 Å². The van der Waals surface area contributed by atoms with Crippen molar-refractivity contribution in [3.05, 3.63) is 83.7 Å². The predicted molar refractivity (Wildman–Crippen MR) is 126 cm³/mol. The van der Waals surface area contributed by atoms with Crippen LogP contribution in [0.5, 0.6) is 5.75 Å². The van der Waals surface area contributed by atoms with Gasteiger partial charge in [0.05, 0.1) is 23.2 Å². The minimum atomic E-state index is -0.581. The number of aliphatic imine (C=N–C) groups is 1. The molecular weight excluding hydrogens is 419 g/mol. The van der Waals surface area contributed by atoms with Crippen molar-refractivity contribution in [2.45, 2.75) is 13.3 Å². The molecule has 1 N–H and O–H groups in total. The molecule has 4 aromatic rings. The molecule has 0 unspecified atom stereocenters. The molecule has 0 spiro atoms. The van der Waals surface area contributed by atoms with Gasteiger partial charge in [-0.3, -0.25) is 4.79 Å². The molecule has 0 atom stereocenters. The van der Waals surface area contributed by atoms with E-state index in [0.717, 1.165) is 16.5 Å². The number of benzene rings is 3. The second-order valence-electron chi connectivity index (χ2n) is 8.04. The van der Waals surface area contributed by atoms with Crippen molar-refractivity contribution in [3.63, 3.8) is 0 Å². The zero-order valence-corrected chi connectivity index (χ0v) is 18.0. The lowest BCUT2D eigenvalue weighted by Gasteiger charge is -2.19. The van der Waals surface area contributed by atoms with Crippen LogP contribution in [-0.4, -0.2) is 39.8 Å². The van der Waals surface area contributed by atoms with E-state index in [0.29, 0.717) is 42.4 Å². The Balaban J connectivity index is 1.53. The maximum atomic E-state index is 14.0. The molecule has 0 radical (unpaired) electrons. The van der Waals surface area contributed by atoms with Crippen LogP contribution in [0.1, 0.15) is 22.3 Å². The molecule has 7 heteroatoms. The number of aromatic nitrogens is 2. The largest absolute Gasteiger partial charge is 0.507 e. The van der Waals surface area contributed by atoms with Gasteiger partial charge in [-0.1, -0.05) is 30.3 Å². The molecule has 6 nitrogen and oxygen atoms in total. The zero-order chi connectivity index (χ0) is 22.9. The van der Waals surface area contributed by atoms with Crippen molar-refractivity contribution in [2.75, 3.05) is 18.0 Å². The number of carbonyl (C=O) groups is 1. The average Bonchev–Trinajstić information content (AvgIpc) is 3.27. The highest BCUT2D eigenvalue weighted by Gasteiger charge is 2.24. The van der Waals surface area contributed by atoms with Crippen LogP contribution in [0.3, 0.4) is 0 Å². The minimum absolute atomic E-state index is 0.0340. The van der Waals surface area contributed by atoms with Crippen LogP contribution in [0.2, 0.25) is 0 Å². The average molecular weight is 440 g/mol. The number of amides is 1. The summed E-state index contributed by atoms with van der Waals surface area (Å²) in [6.07, 6.45) is 0.573. The Morgan fingerprint density at radius 1 is 1.06 bits per heavy atom. The number of aryl methyl sites for hydroxylation is 1. The van der Waals surface area contributed by atoms with Crippen molar-refractivity contribution < 1.29 is 14.3 Å². The monoisotopic (exact) mass is 440 g/mol. The first-order valence-corrected chi connectivity index (χ1v) is 10.7. The van der Waals surface area contributed by atoms with E-state index in [-0.39, 0.29) is 11.3 Å². The highest BCUT2D eigenvalue weighted by molar-refractivity contribution is 6.07. The fourth-order valence-electron chi connectivity index (χ4n) is 4.00. The van der Waals surface area contributed by atoms with E-state index in [9.17, 15) is 14.3 Å². The fourth-order valence-corrected chi connectivity index (χ4v) is 4.00. The van der Waals surface area contributed by atoms with Gasteiger partial charge < -0.3 is 10.0 Å². The van der Waals surface area contributed by atoms with Gasteiger partial charge in [-0.15, -0.1) is 0 Å². The molecule has 1 aromatic heterocycles.